The van der Waals surface area contributed by atoms with Crippen LogP contribution in [0.1, 0.15) is 45.4 Å². The van der Waals surface area contributed by atoms with Crippen LogP contribution < -0.4 is 0 Å². The number of aliphatic hydroxyl groups is 14. The molecule has 0 spiro atoms. The molecule has 2 rings (SSSR count). The molecule has 344 valence electrons. The lowest BCUT2D eigenvalue weighted by molar-refractivity contribution is -0.300. The van der Waals surface area contributed by atoms with Crippen LogP contribution in [0.25, 0.3) is 0 Å². The molecule has 2 saturated heterocycles. The third kappa shape index (κ3) is 15.7. The summed E-state index contributed by atoms with van der Waals surface area (Å²) in [6.45, 7) is -4.05. The predicted molar refractivity (Wildman–Crippen MR) is 191 cm³/mol. The molecule has 0 amide bonds. The van der Waals surface area contributed by atoms with Gasteiger partial charge in [-0.05, 0) is 13.3 Å². The van der Waals surface area contributed by atoms with E-state index in [-0.39, 0.29) is 32.3 Å². The molecule has 0 aromatic heterocycles. The molecule has 24 nitrogen and oxygen atoms in total. The van der Waals surface area contributed by atoms with Crippen LogP contribution in [-0.4, -0.2) is 234 Å². The van der Waals surface area contributed by atoms with Crippen LogP contribution in [0.2, 0.25) is 0 Å². The Morgan fingerprint density at radius 1 is 0.661 bits per heavy atom. The summed E-state index contributed by atoms with van der Waals surface area (Å²) >= 11 is 0. The van der Waals surface area contributed by atoms with Gasteiger partial charge in [0.15, 0.2) is 23.6 Å². The first kappa shape index (κ1) is 52.6. The Hall–Kier alpha value is -2.57. The van der Waals surface area contributed by atoms with Gasteiger partial charge in [-0.1, -0.05) is 0 Å². The Kier molecular flexibility index (Phi) is 23.8. The maximum Gasteiger partial charge on any atom is 0.305 e. The molecule has 0 bridgehead atoms. The van der Waals surface area contributed by atoms with E-state index >= 15 is 0 Å². The second-order valence-electron chi connectivity index (χ2n) is 13.8. The third-order valence-electron chi connectivity index (χ3n) is 9.44. The summed E-state index contributed by atoms with van der Waals surface area (Å²) in [4.78, 5) is 36.9. The van der Waals surface area contributed by atoms with Gasteiger partial charge in [-0.2, -0.15) is 0 Å². The summed E-state index contributed by atoms with van der Waals surface area (Å²) in [6.07, 6.45) is -26.8. The van der Waals surface area contributed by atoms with E-state index in [2.05, 4.69) is 0 Å². The molecule has 2 aliphatic heterocycles. The molecule has 2 aliphatic rings. The molecule has 2 fully saturated rings. The predicted octanol–water partition coefficient (Wildman–Crippen LogP) is -6.17. The topological polar surface area (TPSA) is 399 Å². The number of hydrogen-bond acceptors (Lipinski definition) is 24. The van der Waals surface area contributed by atoms with Crippen molar-refractivity contribution in [2.24, 2.45) is 0 Å². The Bertz CT molecular complexity index is 1280. The molecule has 7 unspecified atom stereocenters. The first-order valence-electron chi connectivity index (χ1n) is 18.9. The number of carbonyl (C=O) groups is 3. The average Bonchev–Trinajstić information content (AvgIpc) is 3.21. The molecule has 0 radical (unpaired) electrons. The zero-order valence-electron chi connectivity index (χ0n) is 32.4. The van der Waals surface area contributed by atoms with Crippen LogP contribution in [0, 0.1) is 0 Å². The van der Waals surface area contributed by atoms with Crippen molar-refractivity contribution < 1.29 is 119 Å². The quantitative estimate of drug-likeness (QED) is 0.0198. The highest BCUT2D eigenvalue weighted by Crippen LogP contribution is 2.29. The smallest absolute Gasteiger partial charge is 0.305 e. The summed E-state index contributed by atoms with van der Waals surface area (Å²) in [7, 11) is 0. The molecule has 0 aromatic carbocycles. The fourth-order valence-corrected chi connectivity index (χ4v) is 6.26. The normalized spacial score (nSPS) is 30.5. The molecule has 2 heterocycles. The van der Waals surface area contributed by atoms with Crippen molar-refractivity contribution >= 4 is 17.5 Å². The summed E-state index contributed by atoms with van der Waals surface area (Å²) in [5, 5.41) is 141. The van der Waals surface area contributed by atoms with Gasteiger partial charge in [0.1, 0.15) is 79.5 Å². The van der Waals surface area contributed by atoms with Gasteiger partial charge < -0.3 is 105 Å². The van der Waals surface area contributed by atoms with Crippen LogP contribution in [0.3, 0.4) is 0 Å². The number of carbonyl (C=O) groups excluding carboxylic acids is 3. The second kappa shape index (κ2) is 26.7. The van der Waals surface area contributed by atoms with Gasteiger partial charge in [0.2, 0.25) is 6.29 Å². The van der Waals surface area contributed by atoms with Gasteiger partial charge in [0.25, 0.3) is 0 Å². The van der Waals surface area contributed by atoms with Gasteiger partial charge in [0.05, 0.1) is 51.8 Å². The number of ether oxygens (including phenoxy) is 7. The third-order valence-corrected chi connectivity index (χ3v) is 9.44. The monoisotopic (exact) mass is 864 g/mol. The summed E-state index contributed by atoms with van der Waals surface area (Å²) in [6, 6.07) is 0. The molecule has 14 N–H and O–H groups in total. The Labute approximate surface area is 338 Å². The highest BCUT2D eigenvalue weighted by Gasteiger charge is 2.48. The Morgan fingerprint density at radius 2 is 1.20 bits per heavy atom. The fraction of sp³-hybridized carbons (Fsp3) is 0.857. The van der Waals surface area contributed by atoms with Gasteiger partial charge in [-0.25, -0.2) is 0 Å². The summed E-state index contributed by atoms with van der Waals surface area (Å²) < 4.78 is 37.5. The van der Waals surface area contributed by atoms with E-state index in [4.69, 9.17) is 38.3 Å². The number of aliphatic hydroxyl groups excluding tert-OH is 14. The minimum Gasteiger partial charge on any atom is -0.506 e. The van der Waals surface area contributed by atoms with Gasteiger partial charge in [-0.15, -0.1) is 0 Å². The molecular formula is C35H60O24. The molecule has 0 saturated carbocycles. The molecule has 24 heteroatoms. The molecule has 0 aliphatic carbocycles. The van der Waals surface area contributed by atoms with E-state index in [0.29, 0.717) is 0 Å². The van der Waals surface area contributed by atoms with Crippen molar-refractivity contribution in [3.05, 3.63) is 11.5 Å². The van der Waals surface area contributed by atoms with E-state index < -0.39 is 180 Å². The first-order valence-corrected chi connectivity index (χ1v) is 18.9. The second-order valence-corrected chi connectivity index (χ2v) is 13.8. The highest BCUT2D eigenvalue weighted by atomic mass is 16.7. The lowest BCUT2D eigenvalue weighted by Gasteiger charge is -2.43. The SMILES string of the molecule is CCOC(=O)CCCC(=O)C[C@@H]1OC(CO)[C@@H](O[C@@H](CO)OC(CO)[C@@H](CO)OCC(=O)C[C@@H]2OC(CO)[C@@H](O[C@H](O)/C(O)=C(/O)[C@@H](O)CCO)C(O)C2O)C(O)C1O. The number of rotatable bonds is 28. The van der Waals surface area contributed by atoms with Crippen molar-refractivity contribution in [1.29, 1.82) is 0 Å². The number of ketones is 2. The van der Waals surface area contributed by atoms with Crippen LogP contribution in [0.4, 0.5) is 0 Å². The molecule has 59 heavy (non-hydrogen) atoms. The first-order chi connectivity index (χ1) is 28.0. The van der Waals surface area contributed by atoms with Crippen molar-refractivity contribution in [3.63, 3.8) is 0 Å². The largest absolute Gasteiger partial charge is 0.506 e. The van der Waals surface area contributed by atoms with Crippen molar-refractivity contribution in [1.82, 2.24) is 0 Å². The van der Waals surface area contributed by atoms with E-state index in [1.54, 1.807) is 6.92 Å². The van der Waals surface area contributed by atoms with E-state index in [1.807, 2.05) is 0 Å². The number of Topliss-reactive ketones (excluding diaryl/α,β-unsaturated/α-hetero) is 2. The minimum absolute atomic E-state index is 0.00870. The standard InChI is InChI=1S/C35H60O24/c1-2-53-25(45)5-3-4-16(42)8-19-28(47)30(49)33(23(12-39)55-19)58-26(14-41)57-22(11-38)21(10-37)54-15-17(43)9-20-29(48)31(50)34(24(13-40)56-20)59-35(52)32(51)27(46)18(44)6-7-36/h18-24,26,28-31,33-41,44,46-52H,2-15H2,1H3/b32-27-/t18-,19-,20-,21+,22?,23?,24?,26-,28?,29?,30?,31?,33+,34+,35-/m0/s1. The Balaban J connectivity index is 1.99. The fourth-order valence-electron chi connectivity index (χ4n) is 6.26. The van der Waals surface area contributed by atoms with Crippen LogP contribution in [0.5, 0.6) is 0 Å². The maximum atomic E-state index is 12.9. The average molecular weight is 865 g/mol. The highest BCUT2D eigenvalue weighted by molar-refractivity contribution is 5.80. The minimum atomic E-state index is -2.41. The van der Waals surface area contributed by atoms with Crippen LogP contribution in [-0.2, 0) is 47.5 Å². The van der Waals surface area contributed by atoms with Crippen LogP contribution >= 0.6 is 0 Å². The number of esters is 1. The van der Waals surface area contributed by atoms with Crippen molar-refractivity contribution in [2.75, 3.05) is 52.9 Å². The molecular weight excluding hydrogens is 804 g/mol. The van der Waals surface area contributed by atoms with E-state index in [0.717, 1.165) is 0 Å². The number of hydrogen-bond donors (Lipinski definition) is 14. The lowest BCUT2D eigenvalue weighted by Crippen LogP contribution is -2.61. The van der Waals surface area contributed by atoms with Crippen LogP contribution in [0.15, 0.2) is 11.5 Å². The summed E-state index contributed by atoms with van der Waals surface area (Å²) in [5.74, 6) is -4.17. The van der Waals surface area contributed by atoms with E-state index in [1.165, 1.54) is 0 Å². The maximum absolute atomic E-state index is 12.9. The van der Waals surface area contributed by atoms with Gasteiger partial charge >= 0.3 is 5.97 Å². The molecule has 0 aromatic rings. The zero-order chi connectivity index (χ0) is 44.4. The Morgan fingerprint density at radius 3 is 1.69 bits per heavy atom. The van der Waals surface area contributed by atoms with Crippen molar-refractivity contribution in [3.8, 4) is 0 Å². The zero-order valence-corrected chi connectivity index (χ0v) is 32.4. The van der Waals surface area contributed by atoms with Gasteiger partial charge in [0, 0.05) is 38.7 Å². The summed E-state index contributed by atoms with van der Waals surface area (Å²) in [5.41, 5.74) is 0. The van der Waals surface area contributed by atoms with E-state index in [9.17, 15) is 80.8 Å². The lowest BCUT2D eigenvalue weighted by atomic mass is 9.91. The molecule has 15 atom stereocenters. The van der Waals surface area contributed by atoms with Crippen molar-refractivity contribution in [2.45, 2.75) is 137 Å². The van der Waals surface area contributed by atoms with Gasteiger partial charge in [-0.3, -0.25) is 14.4 Å².